The van der Waals surface area contributed by atoms with Gasteiger partial charge >= 0.3 is 0 Å². The molecule has 0 radical (unpaired) electrons. The van der Waals surface area contributed by atoms with Crippen LogP contribution in [0.2, 0.25) is 0 Å². The molecular formula is C12H22N2. The van der Waals surface area contributed by atoms with Crippen LogP contribution in [-0.2, 0) is 0 Å². The van der Waals surface area contributed by atoms with Gasteiger partial charge < -0.3 is 5.32 Å². The number of hydrogen-bond donors (Lipinski definition) is 1. The molecule has 14 heavy (non-hydrogen) atoms. The third kappa shape index (κ3) is 2.29. The van der Waals surface area contributed by atoms with Gasteiger partial charge in [-0.1, -0.05) is 0 Å². The minimum atomic E-state index is 0.814. The maximum atomic E-state index is 3.62. The number of nitrogens with one attached hydrogen (secondary N) is 1. The summed E-state index contributed by atoms with van der Waals surface area (Å²) in [4.78, 5) is 2.78. The highest BCUT2D eigenvalue weighted by Gasteiger charge is 2.34. The second-order valence-electron chi connectivity index (χ2n) is 5.42. The molecule has 0 amide bonds. The highest BCUT2D eigenvalue weighted by atomic mass is 15.2. The van der Waals surface area contributed by atoms with Gasteiger partial charge in [0.25, 0.3) is 0 Å². The summed E-state index contributed by atoms with van der Waals surface area (Å²) in [5.74, 6) is 1.07. The summed E-state index contributed by atoms with van der Waals surface area (Å²) in [6.45, 7) is 4.00. The topological polar surface area (TPSA) is 15.3 Å². The Morgan fingerprint density at radius 1 is 1.00 bits per heavy atom. The monoisotopic (exact) mass is 194 g/mol. The van der Waals surface area contributed by atoms with Crippen molar-refractivity contribution in [1.29, 1.82) is 0 Å². The fraction of sp³-hybridized carbons (Fsp3) is 1.00. The van der Waals surface area contributed by atoms with Crippen LogP contribution in [0.15, 0.2) is 0 Å². The molecule has 1 unspecified atom stereocenters. The number of nitrogens with zero attached hydrogens (tertiary/aromatic N) is 1. The zero-order chi connectivity index (χ0) is 9.38. The molecular weight excluding hydrogens is 172 g/mol. The van der Waals surface area contributed by atoms with Crippen molar-refractivity contribution in [2.24, 2.45) is 5.92 Å². The van der Waals surface area contributed by atoms with Gasteiger partial charge in [-0.15, -0.1) is 0 Å². The minimum Gasteiger partial charge on any atom is -0.313 e. The predicted molar refractivity (Wildman–Crippen MR) is 58.3 cm³/mol. The molecule has 2 saturated carbocycles. The van der Waals surface area contributed by atoms with E-state index in [1.54, 1.807) is 0 Å². The summed E-state index contributed by atoms with van der Waals surface area (Å²) in [6, 6.07) is 1.78. The van der Waals surface area contributed by atoms with Gasteiger partial charge in [0, 0.05) is 25.2 Å². The molecule has 2 heteroatoms. The molecule has 1 atom stereocenters. The highest BCUT2D eigenvalue weighted by molar-refractivity contribution is 4.91. The van der Waals surface area contributed by atoms with E-state index in [1.165, 1.54) is 58.2 Å². The Morgan fingerprint density at radius 3 is 2.43 bits per heavy atom. The van der Waals surface area contributed by atoms with Crippen molar-refractivity contribution >= 4 is 0 Å². The van der Waals surface area contributed by atoms with Gasteiger partial charge in [-0.05, 0) is 51.0 Å². The lowest BCUT2D eigenvalue weighted by atomic mass is 10.2. The standard InChI is InChI=1S/C12H22N2/c1-2-11(13-7-1)9-14(12-5-6-12)8-10-3-4-10/h10-13H,1-9H2. The van der Waals surface area contributed by atoms with Gasteiger partial charge in [0.15, 0.2) is 0 Å². The van der Waals surface area contributed by atoms with Crippen LogP contribution in [0.25, 0.3) is 0 Å². The lowest BCUT2D eigenvalue weighted by molar-refractivity contribution is 0.230. The van der Waals surface area contributed by atoms with Gasteiger partial charge in [0.2, 0.25) is 0 Å². The molecule has 2 aliphatic carbocycles. The Balaban J connectivity index is 1.49. The van der Waals surface area contributed by atoms with Crippen LogP contribution in [0.1, 0.15) is 38.5 Å². The zero-order valence-electron chi connectivity index (χ0n) is 9.04. The molecule has 0 spiro atoms. The van der Waals surface area contributed by atoms with Gasteiger partial charge in [0.1, 0.15) is 0 Å². The number of rotatable bonds is 5. The quantitative estimate of drug-likeness (QED) is 0.715. The van der Waals surface area contributed by atoms with Crippen molar-refractivity contribution in [2.45, 2.75) is 50.6 Å². The maximum absolute atomic E-state index is 3.62. The first-order valence-electron chi connectivity index (χ1n) is 6.39. The molecule has 3 aliphatic rings. The van der Waals surface area contributed by atoms with E-state index in [0.29, 0.717) is 0 Å². The van der Waals surface area contributed by atoms with Crippen LogP contribution in [0.4, 0.5) is 0 Å². The van der Waals surface area contributed by atoms with Gasteiger partial charge in [-0.2, -0.15) is 0 Å². The highest BCUT2D eigenvalue weighted by Crippen LogP contribution is 2.35. The Bertz CT molecular complexity index is 190. The molecule has 0 bridgehead atoms. The molecule has 1 N–H and O–H groups in total. The Hall–Kier alpha value is -0.0800. The van der Waals surface area contributed by atoms with Crippen LogP contribution < -0.4 is 5.32 Å². The van der Waals surface area contributed by atoms with Crippen molar-refractivity contribution in [2.75, 3.05) is 19.6 Å². The van der Waals surface area contributed by atoms with E-state index in [-0.39, 0.29) is 0 Å². The average molecular weight is 194 g/mol. The van der Waals surface area contributed by atoms with Gasteiger partial charge in [0.05, 0.1) is 0 Å². The molecule has 1 aliphatic heterocycles. The average Bonchev–Trinajstić information content (AvgIpc) is 3.07. The predicted octanol–water partition coefficient (Wildman–Crippen LogP) is 1.61. The largest absolute Gasteiger partial charge is 0.313 e. The summed E-state index contributed by atoms with van der Waals surface area (Å²) >= 11 is 0. The SMILES string of the molecule is C1CNC(CN(CC2CC2)C2CC2)C1. The molecule has 1 saturated heterocycles. The van der Waals surface area contributed by atoms with Crippen molar-refractivity contribution in [1.82, 2.24) is 10.2 Å². The van der Waals surface area contributed by atoms with E-state index in [1.807, 2.05) is 0 Å². The third-order valence-corrected chi connectivity index (χ3v) is 3.87. The van der Waals surface area contributed by atoms with Crippen LogP contribution in [0.3, 0.4) is 0 Å². The molecule has 1 heterocycles. The van der Waals surface area contributed by atoms with Crippen molar-refractivity contribution < 1.29 is 0 Å². The Morgan fingerprint density at radius 2 is 1.86 bits per heavy atom. The van der Waals surface area contributed by atoms with E-state index >= 15 is 0 Å². The van der Waals surface area contributed by atoms with E-state index in [2.05, 4.69) is 10.2 Å². The van der Waals surface area contributed by atoms with E-state index < -0.39 is 0 Å². The van der Waals surface area contributed by atoms with Gasteiger partial charge in [-0.3, -0.25) is 4.90 Å². The Kier molecular flexibility index (Phi) is 2.50. The van der Waals surface area contributed by atoms with Crippen molar-refractivity contribution in [3.63, 3.8) is 0 Å². The molecule has 0 aromatic carbocycles. The molecule has 3 rings (SSSR count). The first-order valence-corrected chi connectivity index (χ1v) is 6.39. The second kappa shape index (κ2) is 3.82. The fourth-order valence-electron chi connectivity index (χ4n) is 2.64. The van der Waals surface area contributed by atoms with Gasteiger partial charge in [-0.25, -0.2) is 0 Å². The van der Waals surface area contributed by atoms with E-state index in [4.69, 9.17) is 0 Å². The number of hydrogen-bond acceptors (Lipinski definition) is 2. The molecule has 2 nitrogen and oxygen atoms in total. The molecule has 0 aromatic rings. The fourth-order valence-corrected chi connectivity index (χ4v) is 2.64. The van der Waals surface area contributed by atoms with Crippen LogP contribution in [0.5, 0.6) is 0 Å². The summed E-state index contributed by atoms with van der Waals surface area (Å²) in [7, 11) is 0. The normalized spacial score (nSPS) is 32.8. The first-order chi connectivity index (χ1) is 6.92. The second-order valence-corrected chi connectivity index (χ2v) is 5.42. The Labute approximate surface area is 87.0 Å². The summed E-state index contributed by atoms with van der Waals surface area (Å²) in [5.41, 5.74) is 0. The first kappa shape index (κ1) is 9.17. The molecule has 3 fully saturated rings. The van der Waals surface area contributed by atoms with Crippen LogP contribution in [-0.4, -0.2) is 36.6 Å². The maximum Gasteiger partial charge on any atom is 0.0195 e. The lowest BCUT2D eigenvalue weighted by Gasteiger charge is -2.25. The summed E-state index contributed by atoms with van der Waals surface area (Å²) in [6.07, 6.45) is 8.75. The van der Waals surface area contributed by atoms with Crippen LogP contribution in [0, 0.1) is 5.92 Å². The molecule has 80 valence electrons. The minimum absolute atomic E-state index is 0.814. The van der Waals surface area contributed by atoms with E-state index in [0.717, 1.165) is 18.0 Å². The third-order valence-electron chi connectivity index (χ3n) is 3.87. The summed E-state index contributed by atoms with van der Waals surface area (Å²) in [5, 5.41) is 3.62. The molecule has 0 aromatic heterocycles. The smallest absolute Gasteiger partial charge is 0.0195 e. The van der Waals surface area contributed by atoms with Crippen molar-refractivity contribution in [3.8, 4) is 0 Å². The summed E-state index contributed by atoms with van der Waals surface area (Å²) < 4.78 is 0. The van der Waals surface area contributed by atoms with Crippen molar-refractivity contribution in [3.05, 3.63) is 0 Å². The van der Waals surface area contributed by atoms with E-state index in [9.17, 15) is 0 Å². The zero-order valence-corrected chi connectivity index (χ0v) is 9.04. The lowest BCUT2D eigenvalue weighted by Crippen LogP contribution is -2.39. The van der Waals surface area contributed by atoms with Crippen LogP contribution >= 0.6 is 0 Å².